The van der Waals surface area contributed by atoms with Gasteiger partial charge < -0.3 is 14.8 Å². The Balaban J connectivity index is 1.90. The van der Waals surface area contributed by atoms with E-state index in [9.17, 15) is 27.6 Å². The number of rotatable bonds is 6. The lowest BCUT2D eigenvalue weighted by Crippen LogP contribution is -2.21. The van der Waals surface area contributed by atoms with Crippen molar-refractivity contribution in [3.8, 4) is 0 Å². The Morgan fingerprint density at radius 2 is 1.57 bits per heavy atom. The average Bonchev–Trinajstić information content (AvgIpc) is 2.66. The van der Waals surface area contributed by atoms with Crippen molar-refractivity contribution in [2.75, 3.05) is 18.5 Å². The maximum Gasteiger partial charge on any atom is 0.416 e. The van der Waals surface area contributed by atoms with E-state index in [1.54, 1.807) is 6.92 Å². The number of alkyl halides is 3. The van der Waals surface area contributed by atoms with Crippen LogP contribution in [0.2, 0.25) is 0 Å². The molecule has 0 atom stereocenters. The molecular formula is C19H16F3NO5. The van der Waals surface area contributed by atoms with Crippen LogP contribution in [-0.4, -0.2) is 31.1 Å². The summed E-state index contributed by atoms with van der Waals surface area (Å²) in [7, 11) is 0. The summed E-state index contributed by atoms with van der Waals surface area (Å²) in [5.41, 5.74) is -0.668. The molecule has 0 aromatic heterocycles. The van der Waals surface area contributed by atoms with E-state index in [4.69, 9.17) is 9.47 Å². The zero-order chi connectivity index (χ0) is 20.7. The van der Waals surface area contributed by atoms with Gasteiger partial charge in [-0.25, -0.2) is 9.59 Å². The second-order valence-electron chi connectivity index (χ2n) is 5.50. The number of halogens is 3. The van der Waals surface area contributed by atoms with E-state index < -0.39 is 36.2 Å². The van der Waals surface area contributed by atoms with Crippen molar-refractivity contribution >= 4 is 23.5 Å². The number of esters is 2. The molecule has 0 fully saturated rings. The highest BCUT2D eigenvalue weighted by Crippen LogP contribution is 2.29. The second kappa shape index (κ2) is 9.03. The van der Waals surface area contributed by atoms with E-state index in [0.717, 1.165) is 18.2 Å². The third-order valence-corrected chi connectivity index (χ3v) is 3.44. The normalized spacial score (nSPS) is 10.9. The Labute approximate surface area is 158 Å². The molecule has 0 aliphatic heterocycles. The molecule has 6 nitrogen and oxygen atoms in total. The van der Waals surface area contributed by atoms with Gasteiger partial charge in [-0.3, -0.25) is 4.79 Å². The highest BCUT2D eigenvalue weighted by Gasteiger charge is 2.31. The number of ether oxygens (including phenoxy) is 2. The van der Waals surface area contributed by atoms with E-state index in [-0.39, 0.29) is 12.2 Å². The van der Waals surface area contributed by atoms with Crippen molar-refractivity contribution in [2.24, 2.45) is 0 Å². The third-order valence-electron chi connectivity index (χ3n) is 3.44. The molecule has 1 amide bonds. The number of carbonyl (C=O) groups is 3. The fourth-order valence-corrected chi connectivity index (χ4v) is 2.14. The van der Waals surface area contributed by atoms with Crippen LogP contribution in [0, 0.1) is 0 Å². The summed E-state index contributed by atoms with van der Waals surface area (Å²) in [5.74, 6) is -2.25. The summed E-state index contributed by atoms with van der Waals surface area (Å²) in [4.78, 5) is 35.2. The molecule has 28 heavy (non-hydrogen) atoms. The minimum absolute atomic E-state index is 0.231. The lowest BCUT2D eigenvalue weighted by atomic mass is 10.1. The fraction of sp³-hybridized carbons (Fsp3) is 0.211. The lowest BCUT2D eigenvalue weighted by molar-refractivity contribution is -0.137. The molecule has 2 aromatic rings. The quantitative estimate of drug-likeness (QED) is 0.755. The number of hydrogen-bond acceptors (Lipinski definition) is 5. The van der Waals surface area contributed by atoms with E-state index in [1.807, 2.05) is 0 Å². The summed E-state index contributed by atoms with van der Waals surface area (Å²) in [6.45, 7) is 1.22. The van der Waals surface area contributed by atoms with Gasteiger partial charge in [-0.15, -0.1) is 0 Å². The van der Waals surface area contributed by atoms with Crippen LogP contribution in [0.3, 0.4) is 0 Å². The Kier molecular flexibility index (Phi) is 6.75. The van der Waals surface area contributed by atoms with Crippen molar-refractivity contribution in [3.63, 3.8) is 0 Å². The average molecular weight is 395 g/mol. The predicted molar refractivity (Wildman–Crippen MR) is 92.8 cm³/mol. The third kappa shape index (κ3) is 5.83. The van der Waals surface area contributed by atoms with E-state index >= 15 is 0 Å². The van der Waals surface area contributed by atoms with Crippen LogP contribution >= 0.6 is 0 Å². The van der Waals surface area contributed by atoms with Crippen LogP contribution in [0.1, 0.15) is 33.2 Å². The zero-order valence-corrected chi connectivity index (χ0v) is 14.7. The molecule has 0 saturated heterocycles. The van der Waals surface area contributed by atoms with Gasteiger partial charge >= 0.3 is 18.1 Å². The van der Waals surface area contributed by atoms with Gasteiger partial charge in [0.1, 0.15) is 0 Å². The highest BCUT2D eigenvalue weighted by molar-refractivity contribution is 5.96. The number of hydrogen-bond donors (Lipinski definition) is 1. The largest absolute Gasteiger partial charge is 0.462 e. The first-order valence-electron chi connectivity index (χ1n) is 8.12. The van der Waals surface area contributed by atoms with Crippen molar-refractivity contribution < 1.29 is 37.0 Å². The lowest BCUT2D eigenvalue weighted by Gasteiger charge is -2.09. The Morgan fingerprint density at radius 1 is 0.929 bits per heavy atom. The van der Waals surface area contributed by atoms with Crippen LogP contribution in [0.4, 0.5) is 18.9 Å². The standard InChI is InChI=1S/C19H16F3NO5/c1-2-27-17(25)12-6-8-15(9-7-12)23-16(24)11-28-18(26)13-4-3-5-14(10-13)19(20,21)22/h3-10H,2,11H2,1H3,(H,23,24). The number of anilines is 1. The first-order valence-corrected chi connectivity index (χ1v) is 8.12. The van der Waals surface area contributed by atoms with Gasteiger partial charge in [-0.1, -0.05) is 6.07 Å². The Morgan fingerprint density at radius 3 is 2.18 bits per heavy atom. The summed E-state index contributed by atoms with van der Waals surface area (Å²) >= 11 is 0. The van der Waals surface area contributed by atoms with Crippen LogP contribution in [-0.2, 0) is 20.4 Å². The Hall–Kier alpha value is -3.36. The molecule has 0 aliphatic carbocycles. The number of nitrogens with one attached hydrogen (secondary N) is 1. The zero-order valence-electron chi connectivity index (χ0n) is 14.7. The summed E-state index contributed by atoms with van der Waals surface area (Å²) in [5, 5.41) is 2.43. The van der Waals surface area contributed by atoms with E-state index in [2.05, 4.69) is 5.32 Å². The molecule has 0 saturated carbocycles. The van der Waals surface area contributed by atoms with Crippen LogP contribution in [0.25, 0.3) is 0 Å². The van der Waals surface area contributed by atoms with Gasteiger partial charge in [0.15, 0.2) is 6.61 Å². The van der Waals surface area contributed by atoms with E-state index in [1.165, 1.54) is 24.3 Å². The molecule has 1 N–H and O–H groups in total. The predicted octanol–water partition coefficient (Wildman–Crippen LogP) is 3.68. The monoisotopic (exact) mass is 395 g/mol. The van der Waals surface area contributed by atoms with Crippen molar-refractivity contribution in [1.29, 1.82) is 0 Å². The van der Waals surface area contributed by atoms with Crippen LogP contribution in [0.15, 0.2) is 48.5 Å². The Bertz CT molecular complexity index is 863. The van der Waals surface area contributed by atoms with Gasteiger partial charge in [-0.2, -0.15) is 13.2 Å². The molecule has 2 rings (SSSR count). The van der Waals surface area contributed by atoms with Gasteiger partial charge in [0.25, 0.3) is 5.91 Å². The first kappa shape index (κ1) is 20.9. The summed E-state index contributed by atoms with van der Waals surface area (Å²) < 4.78 is 47.6. The van der Waals surface area contributed by atoms with Gasteiger partial charge in [0.2, 0.25) is 0 Å². The topological polar surface area (TPSA) is 81.7 Å². The van der Waals surface area contributed by atoms with Crippen molar-refractivity contribution in [1.82, 2.24) is 0 Å². The minimum Gasteiger partial charge on any atom is -0.462 e. The number of amides is 1. The van der Waals surface area contributed by atoms with Gasteiger partial charge in [-0.05, 0) is 49.4 Å². The molecule has 0 radical (unpaired) electrons. The first-order chi connectivity index (χ1) is 13.2. The second-order valence-corrected chi connectivity index (χ2v) is 5.50. The van der Waals surface area contributed by atoms with Gasteiger partial charge in [0, 0.05) is 5.69 Å². The van der Waals surface area contributed by atoms with Crippen molar-refractivity contribution in [3.05, 3.63) is 65.2 Å². The molecule has 0 heterocycles. The fourth-order valence-electron chi connectivity index (χ4n) is 2.14. The van der Waals surface area contributed by atoms with E-state index in [0.29, 0.717) is 17.3 Å². The molecule has 0 aliphatic rings. The molecule has 2 aromatic carbocycles. The smallest absolute Gasteiger partial charge is 0.416 e. The summed E-state index contributed by atoms with van der Waals surface area (Å²) in [6, 6.07) is 9.51. The molecule has 0 bridgehead atoms. The molecule has 148 valence electrons. The van der Waals surface area contributed by atoms with Crippen LogP contribution < -0.4 is 5.32 Å². The van der Waals surface area contributed by atoms with Crippen molar-refractivity contribution in [2.45, 2.75) is 13.1 Å². The number of carbonyl (C=O) groups excluding carboxylic acids is 3. The maximum atomic E-state index is 12.7. The number of benzene rings is 2. The molecule has 0 spiro atoms. The minimum atomic E-state index is -4.59. The van der Waals surface area contributed by atoms with Gasteiger partial charge in [0.05, 0.1) is 23.3 Å². The molecule has 9 heteroatoms. The molecule has 0 unspecified atom stereocenters. The van der Waals surface area contributed by atoms with Crippen LogP contribution in [0.5, 0.6) is 0 Å². The highest BCUT2D eigenvalue weighted by atomic mass is 19.4. The summed E-state index contributed by atoms with van der Waals surface area (Å²) in [6.07, 6.45) is -4.59. The SMILES string of the molecule is CCOC(=O)c1ccc(NC(=O)COC(=O)c2cccc(C(F)(F)F)c2)cc1. The maximum absolute atomic E-state index is 12.7. The molecular weight excluding hydrogens is 379 g/mol.